The van der Waals surface area contributed by atoms with Crippen LogP contribution in [0.25, 0.3) is 5.57 Å². The van der Waals surface area contributed by atoms with Crippen LogP contribution in [0.4, 0.5) is 23.1 Å². The largest absolute Gasteiger partial charge is 0.369 e. The van der Waals surface area contributed by atoms with Gasteiger partial charge >= 0.3 is 0 Å². The Kier molecular flexibility index (Phi) is 8.06. The molecule has 2 fully saturated rings. The third-order valence-electron chi connectivity index (χ3n) is 7.22. The number of rotatable bonds is 8. The number of nitrogens with zero attached hydrogens (tertiary/aromatic N) is 5. The van der Waals surface area contributed by atoms with E-state index >= 15 is 0 Å². The lowest BCUT2D eigenvalue weighted by Gasteiger charge is -2.36. The molecule has 1 aromatic heterocycles. The number of likely N-dealkylation sites (N-methyl/N-ethyl adjacent to an activating group) is 1. The predicted octanol–water partition coefficient (Wildman–Crippen LogP) is 3.79. The number of nitriles is 1. The zero-order valence-electron chi connectivity index (χ0n) is 21.3. The van der Waals surface area contributed by atoms with Crippen molar-refractivity contribution in [2.75, 3.05) is 48.3 Å². The van der Waals surface area contributed by atoms with Crippen LogP contribution >= 0.6 is 0 Å². The van der Waals surface area contributed by atoms with Gasteiger partial charge in [0.25, 0.3) is 0 Å². The number of hydrogen-bond donors (Lipinski definition) is 3. The quantitative estimate of drug-likeness (QED) is 0.480. The first-order valence-corrected chi connectivity index (χ1v) is 12.8. The fourth-order valence-corrected chi connectivity index (χ4v) is 5.00. The molecule has 190 valence electrons. The summed E-state index contributed by atoms with van der Waals surface area (Å²) in [6.45, 7) is 13.0. The number of carbonyl (C=O) groups is 1. The number of nitrogens with two attached hydrogens (primary N) is 1. The maximum Gasteiger partial charge on any atom is 0.248 e. The molecule has 0 unspecified atom stereocenters. The molecule has 0 spiro atoms. The van der Waals surface area contributed by atoms with E-state index in [1.807, 2.05) is 13.0 Å². The summed E-state index contributed by atoms with van der Waals surface area (Å²) in [5.41, 5.74) is 9.56. The number of aromatic nitrogens is 2. The van der Waals surface area contributed by atoms with E-state index in [1.54, 1.807) is 0 Å². The van der Waals surface area contributed by atoms with Crippen molar-refractivity contribution >= 4 is 34.6 Å². The van der Waals surface area contributed by atoms with Crippen molar-refractivity contribution in [3.8, 4) is 6.07 Å². The summed E-state index contributed by atoms with van der Waals surface area (Å²) in [5.74, 6) is 0.296. The van der Waals surface area contributed by atoms with Crippen molar-refractivity contribution < 1.29 is 4.79 Å². The normalized spacial score (nSPS) is 16.9. The summed E-state index contributed by atoms with van der Waals surface area (Å²) < 4.78 is 0. The standard InChI is InChI=1S/C27H36N8O/c1-4-34-10-12-35(13-11-34)22-14-18(2)24(23(15-22)19(3)25(29)36)32-27-30-17-20(16-28)26(33-27)31-21-8-6-5-7-9-21/h14-15,17,21H,3-13H2,1-2H3,(H2,29,36)(H2,30,31,32,33). The molecule has 1 aliphatic heterocycles. The molecule has 2 heterocycles. The van der Waals surface area contributed by atoms with Crippen LogP contribution in [0.15, 0.2) is 24.9 Å². The van der Waals surface area contributed by atoms with Gasteiger partial charge in [0.1, 0.15) is 17.5 Å². The smallest absolute Gasteiger partial charge is 0.248 e. The van der Waals surface area contributed by atoms with Gasteiger partial charge in [0.15, 0.2) is 0 Å². The minimum absolute atomic E-state index is 0.226. The number of benzene rings is 1. The van der Waals surface area contributed by atoms with E-state index in [0.29, 0.717) is 34.6 Å². The first-order valence-electron chi connectivity index (χ1n) is 12.8. The second kappa shape index (κ2) is 11.4. The fraction of sp³-hybridized carbons (Fsp3) is 0.481. The lowest BCUT2D eigenvalue weighted by Crippen LogP contribution is -2.46. The number of aryl methyl sites for hydroxylation is 1. The first kappa shape index (κ1) is 25.5. The van der Waals surface area contributed by atoms with Gasteiger partial charge in [0, 0.05) is 49.0 Å². The van der Waals surface area contributed by atoms with E-state index in [-0.39, 0.29) is 5.57 Å². The van der Waals surface area contributed by atoms with E-state index in [0.717, 1.165) is 56.8 Å². The lowest BCUT2D eigenvalue weighted by atomic mass is 9.95. The molecule has 4 N–H and O–H groups in total. The topological polar surface area (TPSA) is 123 Å². The number of nitrogens with one attached hydrogen (secondary N) is 2. The Morgan fingerprint density at radius 1 is 1.22 bits per heavy atom. The molecular weight excluding hydrogens is 452 g/mol. The van der Waals surface area contributed by atoms with Crippen LogP contribution in [-0.2, 0) is 4.79 Å². The zero-order valence-corrected chi connectivity index (χ0v) is 21.3. The summed E-state index contributed by atoms with van der Waals surface area (Å²) in [6, 6.07) is 6.55. The van der Waals surface area contributed by atoms with Crippen molar-refractivity contribution in [1.29, 1.82) is 5.26 Å². The van der Waals surface area contributed by atoms with Crippen LogP contribution in [-0.4, -0.2) is 59.5 Å². The minimum Gasteiger partial charge on any atom is -0.369 e. The molecule has 2 aromatic rings. The molecule has 0 atom stereocenters. The highest BCUT2D eigenvalue weighted by atomic mass is 16.1. The Labute approximate surface area is 213 Å². The van der Waals surface area contributed by atoms with Gasteiger partial charge in [-0.1, -0.05) is 32.8 Å². The SMILES string of the molecule is C=C(C(N)=O)c1cc(N2CCN(CC)CC2)cc(C)c1Nc1ncc(C#N)c(NC2CCCCC2)n1. The van der Waals surface area contributed by atoms with Gasteiger partial charge in [-0.3, -0.25) is 4.79 Å². The monoisotopic (exact) mass is 488 g/mol. The highest BCUT2D eigenvalue weighted by Crippen LogP contribution is 2.34. The Morgan fingerprint density at radius 2 is 1.94 bits per heavy atom. The molecule has 2 aliphatic rings. The van der Waals surface area contributed by atoms with Crippen molar-refractivity contribution in [2.45, 2.75) is 52.0 Å². The Bertz CT molecular complexity index is 1160. The van der Waals surface area contributed by atoms with Crippen LogP contribution in [0.3, 0.4) is 0 Å². The van der Waals surface area contributed by atoms with Gasteiger partial charge in [-0.2, -0.15) is 10.2 Å². The second-order valence-electron chi connectivity index (χ2n) is 9.62. The van der Waals surface area contributed by atoms with Crippen molar-refractivity contribution in [2.24, 2.45) is 5.73 Å². The number of hydrogen-bond acceptors (Lipinski definition) is 8. The average molecular weight is 489 g/mol. The first-order chi connectivity index (χ1) is 17.4. The van der Waals surface area contributed by atoms with Crippen molar-refractivity contribution in [1.82, 2.24) is 14.9 Å². The van der Waals surface area contributed by atoms with Crippen molar-refractivity contribution in [3.05, 3.63) is 41.6 Å². The minimum atomic E-state index is -0.578. The van der Waals surface area contributed by atoms with E-state index in [1.165, 1.54) is 25.5 Å². The van der Waals surface area contributed by atoms with Crippen LogP contribution in [0.1, 0.15) is 55.7 Å². The molecule has 0 bridgehead atoms. The molecule has 9 nitrogen and oxygen atoms in total. The van der Waals surface area contributed by atoms with Gasteiger partial charge in [-0.15, -0.1) is 0 Å². The van der Waals surface area contributed by atoms with E-state index in [2.05, 4.69) is 56.0 Å². The van der Waals surface area contributed by atoms with Crippen molar-refractivity contribution in [3.63, 3.8) is 0 Å². The predicted molar refractivity (Wildman–Crippen MR) is 144 cm³/mol. The average Bonchev–Trinajstić information content (AvgIpc) is 2.90. The molecule has 1 aliphatic carbocycles. The summed E-state index contributed by atoms with van der Waals surface area (Å²) in [5, 5.41) is 16.3. The number of amides is 1. The van der Waals surface area contributed by atoms with E-state index in [4.69, 9.17) is 5.73 Å². The number of piperazine rings is 1. The Hall–Kier alpha value is -3.64. The molecule has 36 heavy (non-hydrogen) atoms. The lowest BCUT2D eigenvalue weighted by molar-refractivity contribution is -0.112. The van der Waals surface area contributed by atoms with Crippen LogP contribution < -0.4 is 21.3 Å². The molecule has 1 saturated heterocycles. The number of primary amides is 1. The highest BCUT2D eigenvalue weighted by Gasteiger charge is 2.22. The van der Waals surface area contributed by atoms with Gasteiger partial charge in [-0.05, 0) is 44.0 Å². The van der Waals surface area contributed by atoms with E-state index < -0.39 is 5.91 Å². The molecule has 1 aromatic carbocycles. The molecule has 9 heteroatoms. The summed E-state index contributed by atoms with van der Waals surface area (Å²) >= 11 is 0. The number of carbonyl (C=O) groups excluding carboxylic acids is 1. The third kappa shape index (κ3) is 5.77. The van der Waals surface area contributed by atoms with Crippen LogP contribution in [0.2, 0.25) is 0 Å². The van der Waals surface area contributed by atoms with Gasteiger partial charge in [-0.25, -0.2) is 4.98 Å². The van der Waals surface area contributed by atoms with Gasteiger partial charge in [0.05, 0.1) is 11.9 Å². The van der Waals surface area contributed by atoms with Gasteiger partial charge < -0.3 is 26.2 Å². The zero-order chi connectivity index (χ0) is 25.7. The van der Waals surface area contributed by atoms with E-state index in [9.17, 15) is 10.1 Å². The summed E-state index contributed by atoms with van der Waals surface area (Å²) in [4.78, 5) is 25.9. The molecular formula is C27H36N8O. The van der Waals surface area contributed by atoms with Crippen LogP contribution in [0.5, 0.6) is 0 Å². The molecule has 4 rings (SSSR count). The molecule has 0 radical (unpaired) electrons. The third-order valence-corrected chi connectivity index (χ3v) is 7.22. The number of anilines is 4. The maximum atomic E-state index is 12.1. The Balaban J connectivity index is 1.64. The van der Waals surface area contributed by atoms with Gasteiger partial charge in [0.2, 0.25) is 11.9 Å². The second-order valence-corrected chi connectivity index (χ2v) is 9.62. The summed E-state index contributed by atoms with van der Waals surface area (Å²) in [7, 11) is 0. The summed E-state index contributed by atoms with van der Waals surface area (Å²) in [6.07, 6.45) is 7.25. The van der Waals surface area contributed by atoms with Crippen LogP contribution in [0, 0.1) is 18.3 Å². The molecule has 1 saturated carbocycles. The molecule has 1 amide bonds. The maximum absolute atomic E-state index is 12.1. The Morgan fingerprint density at radius 3 is 2.58 bits per heavy atom. The fourth-order valence-electron chi connectivity index (χ4n) is 5.00. The highest BCUT2D eigenvalue weighted by molar-refractivity contribution is 6.20.